The zero-order valence-corrected chi connectivity index (χ0v) is 8.93. The number of fused-ring (bicyclic) bond motifs is 3. The van der Waals surface area contributed by atoms with Crippen molar-refractivity contribution >= 4 is 22.9 Å². The van der Waals surface area contributed by atoms with Gasteiger partial charge < -0.3 is 0 Å². The van der Waals surface area contributed by atoms with Gasteiger partial charge in [-0.1, -0.05) is 72.9 Å². The van der Waals surface area contributed by atoms with E-state index >= 15 is 0 Å². The van der Waals surface area contributed by atoms with E-state index in [0.29, 0.717) is 0 Å². The minimum Gasteiger partial charge on any atom is -0.0622 e. The van der Waals surface area contributed by atoms with E-state index in [1.807, 2.05) is 0 Å². The molecule has 0 unspecified atom stereocenters. The van der Waals surface area contributed by atoms with Gasteiger partial charge in [0.1, 0.15) is 0 Å². The highest BCUT2D eigenvalue weighted by Crippen LogP contribution is 2.06. The van der Waals surface area contributed by atoms with E-state index in [0.717, 1.165) is 0 Å². The second kappa shape index (κ2) is 3.82. The van der Waals surface area contributed by atoms with Crippen molar-refractivity contribution in [3.8, 4) is 0 Å². The van der Waals surface area contributed by atoms with Crippen LogP contribution in [0.1, 0.15) is 0 Å². The van der Waals surface area contributed by atoms with Gasteiger partial charge in [-0.05, 0) is 21.2 Å². The van der Waals surface area contributed by atoms with E-state index in [1.54, 1.807) is 0 Å². The molecule has 0 bridgehead atoms. The van der Waals surface area contributed by atoms with Crippen LogP contribution in [0.2, 0.25) is 0 Å². The van der Waals surface area contributed by atoms with Gasteiger partial charge in [0.2, 0.25) is 0 Å². The van der Waals surface area contributed by atoms with E-state index < -0.39 is 0 Å². The molecule has 0 aliphatic heterocycles. The highest BCUT2D eigenvalue weighted by molar-refractivity contribution is 5.84. The quantitative estimate of drug-likeness (QED) is 0.618. The lowest BCUT2D eigenvalue weighted by molar-refractivity contribution is 1.58. The van der Waals surface area contributed by atoms with Gasteiger partial charge in [0.05, 0.1) is 0 Å². The van der Waals surface area contributed by atoms with Crippen LogP contribution in [0.3, 0.4) is 0 Å². The monoisotopic (exact) mass is 204 g/mol. The molecule has 0 heteroatoms. The average molecular weight is 204 g/mol. The molecule has 0 N–H and O–H groups in total. The first-order valence-corrected chi connectivity index (χ1v) is 5.48. The van der Waals surface area contributed by atoms with Crippen LogP contribution >= 0.6 is 0 Å². The Morgan fingerprint density at radius 3 is 2.38 bits per heavy atom. The predicted octanol–water partition coefficient (Wildman–Crippen LogP) is 2.53. The molecule has 0 nitrogen and oxygen atoms in total. The molecule has 16 heavy (non-hydrogen) atoms. The Morgan fingerprint density at radius 1 is 0.625 bits per heavy atom. The Bertz CT molecular complexity index is 700. The van der Waals surface area contributed by atoms with Gasteiger partial charge in [0.25, 0.3) is 0 Å². The Labute approximate surface area is 94.5 Å². The summed E-state index contributed by atoms with van der Waals surface area (Å²) in [6, 6.07) is 12.9. The van der Waals surface area contributed by atoms with Gasteiger partial charge in [0.15, 0.2) is 0 Å². The van der Waals surface area contributed by atoms with Crippen molar-refractivity contribution in [1.82, 2.24) is 0 Å². The SMILES string of the molecule is C1=C\C=c2\c(ccc3ccccc23)=C/C=C/1. The minimum absolute atomic E-state index is 1.28. The summed E-state index contributed by atoms with van der Waals surface area (Å²) in [7, 11) is 0. The van der Waals surface area contributed by atoms with Crippen LogP contribution in [0.5, 0.6) is 0 Å². The first-order chi connectivity index (χ1) is 7.95. The Balaban J connectivity index is 2.55. The third-order valence-electron chi connectivity index (χ3n) is 2.88. The highest BCUT2D eigenvalue weighted by Gasteiger charge is 1.94. The predicted molar refractivity (Wildman–Crippen MR) is 70.4 cm³/mol. The van der Waals surface area contributed by atoms with Gasteiger partial charge in [-0.3, -0.25) is 0 Å². The van der Waals surface area contributed by atoms with Gasteiger partial charge in [-0.15, -0.1) is 0 Å². The Kier molecular flexibility index (Phi) is 2.19. The molecule has 0 radical (unpaired) electrons. The van der Waals surface area contributed by atoms with Crippen molar-refractivity contribution in [2.24, 2.45) is 0 Å². The number of hydrogen-bond donors (Lipinski definition) is 0. The second-order valence-corrected chi connectivity index (χ2v) is 3.89. The molecule has 0 amide bonds. The third-order valence-corrected chi connectivity index (χ3v) is 2.88. The van der Waals surface area contributed by atoms with Crippen molar-refractivity contribution < 1.29 is 0 Å². The van der Waals surface area contributed by atoms with Gasteiger partial charge in [-0.2, -0.15) is 0 Å². The normalized spacial score (nSPS) is 21.8. The topological polar surface area (TPSA) is 0 Å². The summed E-state index contributed by atoms with van der Waals surface area (Å²) < 4.78 is 0. The molecule has 0 heterocycles. The largest absolute Gasteiger partial charge is 0.0622 e. The van der Waals surface area contributed by atoms with Crippen molar-refractivity contribution in [3.63, 3.8) is 0 Å². The maximum Gasteiger partial charge on any atom is -0.0105 e. The zero-order chi connectivity index (χ0) is 10.8. The second-order valence-electron chi connectivity index (χ2n) is 3.89. The molecule has 0 atom stereocenters. The van der Waals surface area contributed by atoms with Crippen LogP contribution in [0.4, 0.5) is 0 Å². The summed E-state index contributed by atoms with van der Waals surface area (Å²) in [5.74, 6) is 0. The molecular formula is C16H12. The van der Waals surface area contributed by atoms with E-state index in [-0.39, 0.29) is 0 Å². The lowest BCUT2D eigenvalue weighted by Crippen LogP contribution is -2.24. The molecule has 0 saturated heterocycles. The molecule has 0 aromatic heterocycles. The third kappa shape index (κ3) is 1.49. The van der Waals surface area contributed by atoms with Crippen molar-refractivity contribution in [1.29, 1.82) is 0 Å². The molecule has 2 aromatic carbocycles. The fourth-order valence-corrected chi connectivity index (χ4v) is 2.08. The van der Waals surface area contributed by atoms with Crippen LogP contribution < -0.4 is 10.4 Å². The molecular weight excluding hydrogens is 192 g/mol. The van der Waals surface area contributed by atoms with Crippen LogP contribution in [-0.2, 0) is 0 Å². The molecule has 0 saturated carbocycles. The highest BCUT2D eigenvalue weighted by atomic mass is 14.0. The minimum atomic E-state index is 1.28. The van der Waals surface area contributed by atoms with Crippen LogP contribution in [0, 0.1) is 0 Å². The van der Waals surface area contributed by atoms with E-state index in [4.69, 9.17) is 0 Å². The number of hydrogen-bond acceptors (Lipinski definition) is 0. The van der Waals surface area contributed by atoms with Gasteiger partial charge in [-0.25, -0.2) is 0 Å². The summed E-state index contributed by atoms with van der Waals surface area (Å²) in [5, 5.41) is 5.19. The smallest absolute Gasteiger partial charge is 0.0105 e. The van der Waals surface area contributed by atoms with Crippen LogP contribution in [-0.4, -0.2) is 0 Å². The van der Waals surface area contributed by atoms with Crippen molar-refractivity contribution in [2.45, 2.75) is 0 Å². The lowest BCUT2D eigenvalue weighted by Gasteiger charge is -1.99. The Morgan fingerprint density at radius 2 is 1.44 bits per heavy atom. The van der Waals surface area contributed by atoms with Crippen molar-refractivity contribution in [3.05, 3.63) is 71.1 Å². The first-order valence-electron chi connectivity index (χ1n) is 5.48. The fraction of sp³-hybridized carbons (Fsp3) is 0. The maximum atomic E-state index is 2.18. The summed E-state index contributed by atoms with van der Waals surface area (Å²) >= 11 is 0. The van der Waals surface area contributed by atoms with Gasteiger partial charge in [0, 0.05) is 0 Å². The molecule has 1 aliphatic carbocycles. The van der Waals surface area contributed by atoms with E-state index in [1.165, 1.54) is 21.2 Å². The Hall–Kier alpha value is -2.08. The fourth-order valence-electron chi connectivity index (χ4n) is 2.08. The molecule has 3 rings (SSSR count). The van der Waals surface area contributed by atoms with E-state index in [2.05, 4.69) is 72.9 Å². The number of benzene rings is 2. The molecule has 2 aromatic rings. The van der Waals surface area contributed by atoms with Gasteiger partial charge >= 0.3 is 0 Å². The molecule has 1 aliphatic rings. The summed E-state index contributed by atoms with van der Waals surface area (Å²) in [4.78, 5) is 0. The molecule has 76 valence electrons. The van der Waals surface area contributed by atoms with Crippen LogP contribution in [0.25, 0.3) is 22.9 Å². The average Bonchev–Trinajstić information content (AvgIpc) is 2.29. The van der Waals surface area contributed by atoms with Crippen LogP contribution in [0.15, 0.2) is 60.7 Å². The standard InChI is InChI=1S/C16H12/c1-2-4-9-15-13(7-3-1)11-12-14-8-5-6-10-16(14)15/h1-12H/b2-1?,3-1+,4-2-,7-3?,9-4?,13-7-,15-9-. The molecule has 0 fully saturated rings. The zero-order valence-electron chi connectivity index (χ0n) is 8.93. The summed E-state index contributed by atoms with van der Waals surface area (Å²) in [5.41, 5.74) is 0. The summed E-state index contributed by atoms with van der Waals surface area (Å²) in [6.07, 6.45) is 12.6. The lowest BCUT2D eigenvalue weighted by atomic mass is 10.0. The number of rotatable bonds is 0. The summed E-state index contributed by atoms with van der Waals surface area (Å²) in [6.45, 7) is 0. The van der Waals surface area contributed by atoms with E-state index in [9.17, 15) is 0 Å². The maximum absolute atomic E-state index is 2.18. The van der Waals surface area contributed by atoms with Crippen molar-refractivity contribution in [2.75, 3.05) is 0 Å². The number of allylic oxidation sites excluding steroid dienone is 4. The molecule has 0 spiro atoms. The first kappa shape index (κ1) is 9.17.